The molecule has 8 N–H and O–H groups in total. The van der Waals surface area contributed by atoms with E-state index in [1.165, 1.54) is 54.6 Å². The van der Waals surface area contributed by atoms with Crippen molar-refractivity contribution in [2.45, 2.75) is 16.7 Å². The fraction of sp³-hybridized carbons (Fsp3) is 0.0286. The number of carbonyl (C=O) groups is 4. The molecule has 5 aromatic carbocycles. The van der Waals surface area contributed by atoms with E-state index in [2.05, 4.69) is 63.8 Å². The van der Waals surface area contributed by atoms with Crippen LogP contribution in [0, 0.1) is 6.92 Å². The van der Waals surface area contributed by atoms with Crippen LogP contribution in [-0.2, 0) is 20.0 Å². The van der Waals surface area contributed by atoms with Gasteiger partial charge in [0.05, 0.1) is 9.79 Å². The van der Waals surface area contributed by atoms with Gasteiger partial charge in [-0.25, -0.2) is 45.5 Å². The summed E-state index contributed by atoms with van der Waals surface area (Å²) < 4.78 is 57.4. The highest BCUT2D eigenvalue weighted by Crippen LogP contribution is 2.23. The van der Waals surface area contributed by atoms with Gasteiger partial charge in [0.2, 0.25) is 0 Å². The number of rotatable bonds is 10. The van der Waals surface area contributed by atoms with Crippen molar-refractivity contribution in [2.24, 2.45) is 0 Å². The van der Waals surface area contributed by atoms with Crippen LogP contribution in [0.25, 0.3) is 0 Å². The number of halogens is 2. The lowest BCUT2D eigenvalue weighted by molar-refractivity contribution is 0.255. The molecule has 0 atom stereocenters. The second kappa shape index (κ2) is 17.5. The van der Waals surface area contributed by atoms with Gasteiger partial charge in [0.15, 0.2) is 0 Å². The van der Waals surface area contributed by atoms with Crippen LogP contribution in [0.2, 0.25) is 0 Å². The van der Waals surface area contributed by atoms with Gasteiger partial charge < -0.3 is 31.9 Å². The maximum absolute atomic E-state index is 13.1. The van der Waals surface area contributed by atoms with E-state index < -0.39 is 44.2 Å². The first-order valence-electron chi connectivity index (χ1n) is 15.7. The van der Waals surface area contributed by atoms with Gasteiger partial charge in [0.1, 0.15) is 0 Å². The molecule has 0 unspecified atom stereocenters. The van der Waals surface area contributed by atoms with Crippen molar-refractivity contribution in [3.8, 4) is 0 Å². The predicted octanol–water partition coefficient (Wildman–Crippen LogP) is 7.83. The van der Waals surface area contributed by atoms with E-state index in [1.807, 2.05) is 9.44 Å². The minimum atomic E-state index is -4.43. The number of benzene rings is 5. The van der Waals surface area contributed by atoms with Crippen LogP contribution in [0.3, 0.4) is 0 Å². The number of hydrogen-bond acceptors (Lipinski definition) is 8. The first kappa shape index (κ1) is 40.2. The summed E-state index contributed by atoms with van der Waals surface area (Å²) in [6.45, 7) is 1.60. The Labute approximate surface area is 332 Å². The van der Waals surface area contributed by atoms with Crippen molar-refractivity contribution in [1.82, 2.24) is 9.44 Å². The molecule has 0 saturated carbocycles. The van der Waals surface area contributed by atoms with Crippen LogP contribution in [0.4, 0.5) is 53.3 Å². The molecule has 0 heterocycles. The Kier molecular flexibility index (Phi) is 12.8. The zero-order valence-electron chi connectivity index (χ0n) is 28.3. The smallest absolute Gasteiger partial charge is 0.308 e. The van der Waals surface area contributed by atoms with Crippen LogP contribution >= 0.6 is 31.9 Å². The number of aryl methyl sites for hydroxylation is 1. The lowest BCUT2D eigenvalue weighted by Gasteiger charge is -2.14. The average molecular weight is 915 g/mol. The maximum Gasteiger partial charge on any atom is 0.333 e. The Hall–Kier alpha value is -5.96. The minimum Gasteiger partial charge on any atom is -0.308 e. The second-order valence-corrected chi connectivity index (χ2v) is 16.6. The minimum absolute atomic E-state index is 0.0519. The molecular formula is C35H30Br2N8O8S2. The lowest BCUT2D eigenvalue weighted by atomic mass is 10.2. The molecule has 8 amide bonds. The van der Waals surface area contributed by atoms with Gasteiger partial charge in [-0.2, -0.15) is 0 Å². The van der Waals surface area contributed by atoms with Gasteiger partial charge in [-0.05, 0) is 97.4 Å². The quantitative estimate of drug-likeness (QED) is 0.0686. The Morgan fingerprint density at radius 2 is 0.800 bits per heavy atom. The van der Waals surface area contributed by atoms with Crippen molar-refractivity contribution < 1.29 is 36.0 Å². The molecule has 0 saturated heterocycles. The van der Waals surface area contributed by atoms with Crippen molar-refractivity contribution in [3.05, 3.63) is 130 Å². The van der Waals surface area contributed by atoms with Gasteiger partial charge in [0.25, 0.3) is 20.0 Å². The first-order valence-corrected chi connectivity index (χ1v) is 20.3. The topological polar surface area (TPSA) is 233 Å². The fourth-order valence-electron chi connectivity index (χ4n) is 4.70. The number of hydrogen-bond donors (Lipinski definition) is 8. The Morgan fingerprint density at radius 3 is 1.24 bits per heavy atom. The number of nitrogens with one attached hydrogen (secondary N) is 8. The molecule has 0 fully saturated rings. The summed E-state index contributed by atoms with van der Waals surface area (Å²) >= 11 is 6.62. The average Bonchev–Trinajstić information content (AvgIpc) is 3.09. The number of carbonyl (C=O) groups excluding carboxylic acids is 4. The summed E-state index contributed by atoms with van der Waals surface area (Å²) in [6.07, 6.45) is 0. The molecule has 0 aromatic heterocycles. The predicted molar refractivity (Wildman–Crippen MR) is 216 cm³/mol. The Bertz CT molecular complexity index is 2520. The third-order valence-electron chi connectivity index (χ3n) is 7.17. The zero-order valence-corrected chi connectivity index (χ0v) is 33.1. The molecule has 55 heavy (non-hydrogen) atoms. The summed E-state index contributed by atoms with van der Waals surface area (Å²) in [5.41, 5.74) is 1.87. The number of amides is 8. The Balaban J connectivity index is 1.17. The lowest BCUT2D eigenvalue weighted by Crippen LogP contribution is -2.35. The SMILES string of the molecule is Cc1ccc(NC(=O)NS(=O)(=O)c2cccc(NC(=O)Nc3cccc(Br)c3)c2)cc1NC(=O)NS(=O)(=O)c1cccc(NC(=O)Nc2cccc(Br)c2)c1. The highest BCUT2D eigenvalue weighted by molar-refractivity contribution is 9.10. The number of anilines is 6. The largest absolute Gasteiger partial charge is 0.333 e. The first-order chi connectivity index (χ1) is 26.0. The summed E-state index contributed by atoms with van der Waals surface area (Å²) in [5, 5.41) is 15.1. The molecule has 0 aliphatic carbocycles. The standard InChI is InChI=1S/C35H30Br2N8O8S2/c1-21-14-15-28(42-34(48)44-54(50,51)29-12-4-10-26(18-29)40-32(46)38-24-8-2-6-22(36)16-24)20-31(21)43-35(49)45-55(52,53)30-13-5-11-27(19-30)41-33(47)39-25-9-3-7-23(37)17-25/h2-20H,1H3,(H2,38,40,46)(H2,39,41,47)(H2,42,44,48)(H2,43,45,49). The third-order valence-corrected chi connectivity index (χ3v) is 10.8. The van der Waals surface area contributed by atoms with Gasteiger partial charge in [-0.3, -0.25) is 0 Å². The molecule has 20 heteroatoms. The van der Waals surface area contributed by atoms with Gasteiger partial charge in [0, 0.05) is 43.1 Å². The van der Waals surface area contributed by atoms with Crippen molar-refractivity contribution >= 4 is 110 Å². The number of urea groups is 4. The monoisotopic (exact) mass is 912 g/mol. The van der Waals surface area contributed by atoms with Gasteiger partial charge >= 0.3 is 24.1 Å². The molecule has 5 aromatic rings. The molecule has 0 aliphatic rings. The summed E-state index contributed by atoms with van der Waals surface area (Å²) in [5.74, 6) is 0. The summed E-state index contributed by atoms with van der Waals surface area (Å²) in [6, 6.07) is 24.8. The molecule has 0 aliphatic heterocycles. The second-order valence-electron chi connectivity index (χ2n) is 11.4. The normalized spacial score (nSPS) is 11.0. The van der Waals surface area contributed by atoms with E-state index >= 15 is 0 Å². The highest BCUT2D eigenvalue weighted by Gasteiger charge is 2.21. The fourth-order valence-corrected chi connectivity index (χ4v) is 7.41. The van der Waals surface area contributed by atoms with E-state index in [4.69, 9.17) is 0 Å². The molecule has 284 valence electrons. The molecule has 0 bridgehead atoms. The number of sulfonamides is 2. The molecule has 0 radical (unpaired) electrons. The van der Waals surface area contributed by atoms with Crippen molar-refractivity contribution in [3.63, 3.8) is 0 Å². The summed E-state index contributed by atoms with van der Waals surface area (Å²) in [7, 11) is -8.86. The van der Waals surface area contributed by atoms with Gasteiger partial charge in [-0.15, -0.1) is 0 Å². The van der Waals surface area contributed by atoms with Crippen LogP contribution in [0.1, 0.15) is 5.56 Å². The summed E-state index contributed by atoms with van der Waals surface area (Å²) in [4.78, 5) is 49.8. The van der Waals surface area contributed by atoms with Crippen LogP contribution < -0.4 is 41.3 Å². The molecule has 0 spiro atoms. The van der Waals surface area contributed by atoms with E-state index in [0.29, 0.717) is 16.9 Å². The van der Waals surface area contributed by atoms with Crippen molar-refractivity contribution in [1.29, 1.82) is 0 Å². The zero-order chi connectivity index (χ0) is 39.8. The van der Waals surface area contributed by atoms with Crippen LogP contribution in [-0.4, -0.2) is 41.0 Å². The van der Waals surface area contributed by atoms with Crippen LogP contribution in [0.5, 0.6) is 0 Å². The van der Waals surface area contributed by atoms with E-state index in [0.717, 1.165) is 21.1 Å². The molecular weight excluding hydrogens is 884 g/mol. The van der Waals surface area contributed by atoms with E-state index in [9.17, 15) is 36.0 Å². The van der Waals surface area contributed by atoms with E-state index in [1.54, 1.807) is 55.5 Å². The third kappa shape index (κ3) is 11.8. The molecule has 5 rings (SSSR count). The van der Waals surface area contributed by atoms with Crippen molar-refractivity contribution in [2.75, 3.05) is 31.9 Å². The Morgan fingerprint density at radius 1 is 0.436 bits per heavy atom. The van der Waals surface area contributed by atoms with Crippen LogP contribution in [0.15, 0.2) is 134 Å². The van der Waals surface area contributed by atoms with E-state index in [-0.39, 0.29) is 32.5 Å². The molecule has 16 nitrogen and oxygen atoms in total. The highest BCUT2D eigenvalue weighted by atomic mass is 79.9. The van der Waals surface area contributed by atoms with Gasteiger partial charge in [-0.1, -0.05) is 62.2 Å². The maximum atomic E-state index is 13.1.